The lowest BCUT2D eigenvalue weighted by atomic mass is 10.0. The maximum absolute atomic E-state index is 15.2. The third-order valence-electron chi connectivity index (χ3n) is 4.25. The Hall–Kier alpha value is -2.51. The molecule has 27 heavy (non-hydrogen) atoms. The molecule has 1 aromatic heterocycles. The fourth-order valence-electron chi connectivity index (χ4n) is 3.03. The fourth-order valence-corrected chi connectivity index (χ4v) is 3.03. The highest BCUT2D eigenvalue weighted by Gasteiger charge is 2.36. The Balaban J connectivity index is 1.99. The third kappa shape index (κ3) is 4.43. The van der Waals surface area contributed by atoms with E-state index in [-0.39, 0.29) is 37.3 Å². The van der Waals surface area contributed by atoms with Crippen molar-refractivity contribution in [3.63, 3.8) is 0 Å². The fraction of sp³-hybridized carbons (Fsp3) is 0.474. The van der Waals surface area contributed by atoms with Gasteiger partial charge in [-0.25, -0.2) is 18.0 Å². The lowest BCUT2D eigenvalue weighted by molar-refractivity contribution is -0.0221. The van der Waals surface area contributed by atoms with Crippen LogP contribution in [0.2, 0.25) is 0 Å². The predicted octanol–water partition coefficient (Wildman–Crippen LogP) is 4.96. The molecule has 1 aliphatic rings. The van der Waals surface area contributed by atoms with E-state index in [1.165, 1.54) is 12.3 Å². The monoisotopic (exact) mass is 381 g/mol. The predicted molar refractivity (Wildman–Crippen MR) is 98.0 cm³/mol. The molecule has 2 aromatic rings. The standard InChI is InChI=1S/C19H22F3N3O2/c1-18(2,3)27-17(26)24-13-11-12-5-4-8-23-15(12)16(14(13)20)25-9-6-19(21,22)7-10-25/h4-5,8,11H,6-7,9-10H2,1-3H3,(H,24,26). The first-order valence-electron chi connectivity index (χ1n) is 8.76. The number of hydrogen-bond donors (Lipinski definition) is 1. The van der Waals surface area contributed by atoms with E-state index in [9.17, 15) is 13.6 Å². The van der Waals surface area contributed by atoms with Crippen LogP contribution in [0, 0.1) is 5.82 Å². The summed E-state index contributed by atoms with van der Waals surface area (Å²) in [5.41, 5.74) is -0.318. The number of halogens is 3. The average molecular weight is 381 g/mol. The van der Waals surface area contributed by atoms with E-state index in [1.54, 1.807) is 37.8 Å². The summed E-state index contributed by atoms with van der Waals surface area (Å²) in [6.45, 7) is 5.11. The maximum atomic E-state index is 15.2. The third-order valence-corrected chi connectivity index (χ3v) is 4.25. The van der Waals surface area contributed by atoms with Crippen LogP contribution < -0.4 is 10.2 Å². The molecule has 146 valence electrons. The first-order valence-corrected chi connectivity index (χ1v) is 8.76. The number of nitrogens with zero attached hydrogens (tertiary/aromatic N) is 2. The number of nitrogens with one attached hydrogen (secondary N) is 1. The van der Waals surface area contributed by atoms with Gasteiger partial charge in [-0.05, 0) is 32.9 Å². The molecule has 1 N–H and O–H groups in total. The van der Waals surface area contributed by atoms with Crippen molar-refractivity contribution in [2.75, 3.05) is 23.3 Å². The number of ether oxygens (including phenoxy) is 1. The number of fused-ring (bicyclic) bond motifs is 1. The summed E-state index contributed by atoms with van der Waals surface area (Å²) < 4.78 is 47.4. The van der Waals surface area contributed by atoms with Gasteiger partial charge in [0.05, 0.1) is 11.2 Å². The maximum Gasteiger partial charge on any atom is 0.412 e. The van der Waals surface area contributed by atoms with Crippen LogP contribution in [0.3, 0.4) is 0 Å². The highest BCUT2D eigenvalue weighted by atomic mass is 19.3. The Morgan fingerprint density at radius 1 is 1.30 bits per heavy atom. The van der Waals surface area contributed by atoms with Gasteiger partial charge in [-0.3, -0.25) is 10.3 Å². The first kappa shape index (κ1) is 19.3. The Kier molecular flexibility index (Phi) is 4.92. The average Bonchev–Trinajstić information content (AvgIpc) is 2.55. The second-order valence-electron chi connectivity index (χ2n) is 7.63. The number of pyridine rings is 1. The second-order valence-corrected chi connectivity index (χ2v) is 7.63. The van der Waals surface area contributed by atoms with E-state index in [0.29, 0.717) is 10.9 Å². The summed E-state index contributed by atoms with van der Waals surface area (Å²) in [5.74, 6) is -3.46. The quantitative estimate of drug-likeness (QED) is 0.799. The SMILES string of the molecule is CC(C)(C)OC(=O)Nc1cc2cccnc2c(N2CCC(F)(F)CC2)c1F. The molecule has 1 aromatic carbocycles. The second kappa shape index (κ2) is 6.90. The molecule has 3 rings (SSSR count). The topological polar surface area (TPSA) is 54.5 Å². The largest absolute Gasteiger partial charge is 0.444 e. The minimum absolute atomic E-state index is 0.00544. The molecule has 0 atom stereocenters. The number of alkyl halides is 2. The molecule has 0 spiro atoms. The van der Waals surface area contributed by atoms with Gasteiger partial charge in [-0.2, -0.15) is 0 Å². The van der Waals surface area contributed by atoms with E-state index in [1.807, 2.05) is 0 Å². The molecule has 2 heterocycles. The van der Waals surface area contributed by atoms with Crippen LogP contribution in [-0.4, -0.2) is 35.7 Å². The molecule has 0 aliphatic carbocycles. The molecule has 0 bridgehead atoms. The number of benzene rings is 1. The summed E-state index contributed by atoms with van der Waals surface area (Å²) in [6, 6.07) is 4.87. The first-order chi connectivity index (χ1) is 12.6. The van der Waals surface area contributed by atoms with Crippen molar-refractivity contribution in [3.05, 3.63) is 30.2 Å². The Labute approximate surface area is 155 Å². The van der Waals surface area contributed by atoms with Crippen molar-refractivity contribution >= 4 is 28.4 Å². The summed E-state index contributed by atoms with van der Waals surface area (Å²) in [4.78, 5) is 17.8. The molecule has 0 unspecified atom stereocenters. The van der Waals surface area contributed by atoms with E-state index < -0.39 is 23.4 Å². The highest BCUT2D eigenvalue weighted by Crippen LogP contribution is 2.38. The molecule has 0 radical (unpaired) electrons. The van der Waals surface area contributed by atoms with Crippen molar-refractivity contribution in [1.29, 1.82) is 0 Å². The van der Waals surface area contributed by atoms with Crippen LogP contribution >= 0.6 is 0 Å². The van der Waals surface area contributed by atoms with Gasteiger partial charge in [0.15, 0.2) is 5.82 Å². The number of carbonyl (C=O) groups is 1. The van der Waals surface area contributed by atoms with Crippen molar-refractivity contribution < 1.29 is 22.7 Å². The number of carbonyl (C=O) groups excluding carboxylic acids is 1. The van der Waals surface area contributed by atoms with Crippen LogP contribution in [0.5, 0.6) is 0 Å². The Bertz CT molecular complexity index is 855. The number of rotatable bonds is 2. The normalized spacial score (nSPS) is 17.0. The molecular formula is C19H22F3N3O2. The number of amides is 1. The Morgan fingerprint density at radius 2 is 1.96 bits per heavy atom. The summed E-state index contributed by atoms with van der Waals surface area (Å²) in [6.07, 6.45) is 0.0144. The Morgan fingerprint density at radius 3 is 2.59 bits per heavy atom. The lowest BCUT2D eigenvalue weighted by Crippen LogP contribution is -2.40. The van der Waals surface area contributed by atoms with Gasteiger partial charge in [0.2, 0.25) is 0 Å². The summed E-state index contributed by atoms with van der Waals surface area (Å²) >= 11 is 0. The van der Waals surface area contributed by atoms with Gasteiger partial charge in [0, 0.05) is 37.5 Å². The van der Waals surface area contributed by atoms with E-state index >= 15 is 4.39 Å². The van der Waals surface area contributed by atoms with Crippen LogP contribution in [0.1, 0.15) is 33.6 Å². The number of anilines is 2. The minimum atomic E-state index is -2.75. The van der Waals surface area contributed by atoms with Crippen molar-refractivity contribution in [1.82, 2.24) is 4.98 Å². The van der Waals surface area contributed by atoms with Crippen LogP contribution in [0.4, 0.5) is 29.3 Å². The smallest absolute Gasteiger partial charge is 0.412 e. The molecule has 5 nitrogen and oxygen atoms in total. The lowest BCUT2D eigenvalue weighted by Gasteiger charge is -2.34. The molecule has 1 aliphatic heterocycles. The number of piperidine rings is 1. The van der Waals surface area contributed by atoms with E-state index in [4.69, 9.17) is 4.74 Å². The molecule has 8 heteroatoms. The van der Waals surface area contributed by atoms with Crippen molar-refractivity contribution in [2.45, 2.75) is 45.1 Å². The summed E-state index contributed by atoms with van der Waals surface area (Å²) in [7, 11) is 0. The zero-order valence-corrected chi connectivity index (χ0v) is 15.5. The number of hydrogen-bond acceptors (Lipinski definition) is 4. The highest BCUT2D eigenvalue weighted by molar-refractivity contribution is 5.97. The summed E-state index contributed by atoms with van der Waals surface area (Å²) in [5, 5.41) is 3.01. The number of aromatic nitrogens is 1. The molecule has 1 fully saturated rings. The van der Waals surface area contributed by atoms with Gasteiger partial charge in [0.1, 0.15) is 11.3 Å². The molecule has 0 saturated carbocycles. The van der Waals surface area contributed by atoms with Gasteiger partial charge < -0.3 is 9.64 Å². The van der Waals surface area contributed by atoms with E-state index in [0.717, 1.165) is 0 Å². The van der Waals surface area contributed by atoms with Crippen molar-refractivity contribution in [3.8, 4) is 0 Å². The van der Waals surface area contributed by atoms with Gasteiger partial charge in [-0.15, -0.1) is 0 Å². The minimum Gasteiger partial charge on any atom is -0.444 e. The van der Waals surface area contributed by atoms with Gasteiger partial charge in [-0.1, -0.05) is 6.07 Å². The van der Waals surface area contributed by atoms with Gasteiger partial charge >= 0.3 is 6.09 Å². The molecular weight excluding hydrogens is 359 g/mol. The van der Waals surface area contributed by atoms with Crippen molar-refractivity contribution in [2.24, 2.45) is 0 Å². The molecule has 1 amide bonds. The zero-order chi connectivity index (χ0) is 19.8. The van der Waals surface area contributed by atoms with Crippen LogP contribution in [0.25, 0.3) is 10.9 Å². The van der Waals surface area contributed by atoms with Gasteiger partial charge in [0.25, 0.3) is 5.92 Å². The van der Waals surface area contributed by atoms with Crippen LogP contribution in [-0.2, 0) is 4.74 Å². The van der Waals surface area contributed by atoms with E-state index in [2.05, 4.69) is 10.3 Å². The molecule has 1 saturated heterocycles. The zero-order valence-electron chi connectivity index (χ0n) is 15.5. The van der Waals surface area contributed by atoms with Crippen LogP contribution in [0.15, 0.2) is 24.4 Å².